The summed E-state index contributed by atoms with van der Waals surface area (Å²) in [5, 5.41) is 7.32. The van der Waals surface area contributed by atoms with Crippen molar-refractivity contribution in [2.75, 3.05) is 0 Å². The molecule has 118 valence electrons. The van der Waals surface area contributed by atoms with Crippen molar-refractivity contribution >= 4 is 27.1 Å². The number of hydrogen-bond acceptors (Lipinski definition) is 6. The predicted octanol–water partition coefficient (Wildman–Crippen LogP) is 1.98. The zero-order chi connectivity index (χ0) is 15.7. The third-order valence-electron chi connectivity index (χ3n) is 3.50. The van der Waals surface area contributed by atoms with Gasteiger partial charge in [-0.25, -0.2) is 8.42 Å². The maximum atomic E-state index is 12.3. The molecule has 0 unspecified atom stereocenters. The Labute approximate surface area is 132 Å². The second-order valence-electron chi connectivity index (χ2n) is 5.39. The van der Waals surface area contributed by atoms with Gasteiger partial charge < -0.3 is 9.84 Å². The molecule has 2 heterocycles. The molecule has 2 aromatic heterocycles. The molecule has 0 aromatic carbocycles. The van der Waals surface area contributed by atoms with Gasteiger partial charge >= 0.3 is 0 Å². The topological polar surface area (TPSA) is 89.3 Å². The average Bonchev–Trinajstić information content (AvgIpc) is 2.93. The minimum atomic E-state index is -3.62. The van der Waals surface area contributed by atoms with Crippen molar-refractivity contribution in [1.29, 1.82) is 0 Å². The molecule has 1 atom stereocenters. The Kier molecular flexibility index (Phi) is 4.05. The number of sulfone groups is 1. The van der Waals surface area contributed by atoms with E-state index < -0.39 is 21.0 Å². The fourth-order valence-electron chi connectivity index (χ4n) is 1.96. The number of carbonyl (C=O) groups is 1. The molecular weight excluding hydrogens is 324 g/mol. The fraction of sp³-hybridized carbons (Fsp3) is 0.429. The molecule has 1 amide bonds. The van der Waals surface area contributed by atoms with Gasteiger partial charge in [0.15, 0.2) is 15.6 Å². The lowest BCUT2D eigenvalue weighted by Crippen LogP contribution is -2.39. The van der Waals surface area contributed by atoms with E-state index in [4.69, 9.17) is 4.52 Å². The summed E-state index contributed by atoms with van der Waals surface area (Å²) < 4.78 is 29.8. The largest absolute Gasteiger partial charge is 0.355 e. The molecule has 2 aromatic rings. The molecule has 1 aliphatic carbocycles. The van der Waals surface area contributed by atoms with Crippen LogP contribution >= 0.6 is 11.3 Å². The SMILES string of the molecule is C[C@H](C(=O)NC1CC1)S(=O)(=O)Cc1cc(-c2cccs2)on1. The Morgan fingerprint density at radius 3 is 2.95 bits per heavy atom. The van der Waals surface area contributed by atoms with E-state index in [1.54, 1.807) is 6.07 Å². The molecule has 0 bridgehead atoms. The summed E-state index contributed by atoms with van der Waals surface area (Å²) in [6.07, 6.45) is 1.85. The van der Waals surface area contributed by atoms with E-state index in [0.29, 0.717) is 11.5 Å². The molecule has 8 heteroatoms. The van der Waals surface area contributed by atoms with Crippen LogP contribution in [-0.4, -0.2) is 30.8 Å². The van der Waals surface area contributed by atoms with Crippen LogP contribution < -0.4 is 5.32 Å². The van der Waals surface area contributed by atoms with Crippen LogP contribution in [0.5, 0.6) is 0 Å². The van der Waals surface area contributed by atoms with Crippen molar-refractivity contribution in [2.45, 2.75) is 36.8 Å². The molecule has 1 fully saturated rings. The minimum absolute atomic E-state index is 0.141. The summed E-state index contributed by atoms with van der Waals surface area (Å²) in [7, 11) is -3.62. The predicted molar refractivity (Wildman–Crippen MR) is 83.1 cm³/mol. The Morgan fingerprint density at radius 1 is 1.55 bits per heavy atom. The van der Waals surface area contributed by atoms with Crippen molar-refractivity contribution in [3.63, 3.8) is 0 Å². The fourth-order valence-corrected chi connectivity index (χ4v) is 3.82. The monoisotopic (exact) mass is 340 g/mol. The van der Waals surface area contributed by atoms with E-state index in [9.17, 15) is 13.2 Å². The Hall–Kier alpha value is -1.67. The number of hydrogen-bond donors (Lipinski definition) is 1. The van der Waals surface area contributed by atoms with Gasteiger partial charge in [0, 0.05) is 12.1 Å². The van der Waals surface area contributed by atoms with Gasteiger partial charge in [0.25, 0.3) is 0 Å². The Morgan fingerprint density at radius 2 is 2.32 bits per heavy atom. The van der Waals surface area contributed by atoms with E-state index in [-0.39, 0.29) is 11.8 Å². The number of amides is 1. The normalized spacial score (nSPS) is 16.4. The number of nitrogens with zero attached hydrogens (tertiary/aromatic N) is 1. The molecule has 0 radical (unpaired) electrons. The van der Waals surface area contributed by atoms with Gasteiger partial charge in [-0.3, -0.25) is 4.79 Å². The van der Waals surface area contributed by atoms with Gasteiger partial charge in [0.2, 0.25) is 5.91 Å². The third kappa shape index (κ3) is 3.38. The molecule has 22 heavy (non-hydrogen) atoms. The number of nitrogens with one attached hydrogen (secondary N) is 1. The summed E-state index contributed by atoms with van der Waals surface area (Å²) in [5.74, 6) is -0.207. The summed E-state index contributed by atoms with van der Waals surface area (Å²) in [5.41, 5.74) is 0.314. The highest BCUT2D eigenvalue weighted by Gasteiger charge is 2.33. The van der Waals surface area contributed by atoms with Crippen LogP contribution in [-0.2, 0) is 20.4 Å². The molecule has 0 saturated heterocycles. The highest BCUT2D eigenvalue weighted by molar-refractivity contribution is 7.92. The first-order chi connectivity index (χ1) is 10.5. The molecule has 3 rings (SSSR count). The van der Waals surface area contributed by atoms with Crippen LogP contribution in [0, 0.1) is 0 Å². The molecule has 0 spiro atoms. The van der Waals surface area contributed by atoms with E-state index in [1.165, 1.54) is 18.3 Å². The third-order valence-corrected chi connectivity index (χ3v) is 6.38. The summed E-state index contributed by atoms with van der Waals surface area (Å²) >= 11 is 1.48. The summed E-state index contributed by atoms with van der Waals surface area (Å²) in [6.45, 7) is 1.41. The van der Waals surface area contributed by atoms with E-state index in [0.717, 1.165) is 17.7 Å². The van der Waals surface area contributed by atoms with Crippen molar-refractivity contribution < 1.29 is 17.7 Å². The molecule has 1 N–H and O–H groups in total. The zero-order valence-corrected chi connectivity index (χ0v) is 13.6. The second-order valence-corrected chi connectivity index (χ2v) is 8.66. The van der Waals surface area contributed by atoms with E-state index in [2.05, 4.69) is 10.5 Å². The number of carbonyl (C=O) groups excluding carboxylic acids is 1. The van der Waals surface area contributed by atoms with E-state index in [1.807, 2.05) is 17.5 Å². The first kappa shape index (κ1) is 15.2. The molecule has 1 saturated carbocycles. The van der Waals surface area contributed by atoms with Crippen LogP contribution in [0.2, 0.25) is 0 Å². The van der Waals surface area contributed by atoms with Crippen LogP contribution in [0.4, 0.5) is 0 Å². The minimum Gasteiger partial charge on any atom is -0.355 e. The van der Waals surface area contributed by atoms with Crippen molar-refractivity contribution in [1.82, 2.24) is 10.5 Å². The first-order valence-corrected chi connectivity index (χ1v) is 9.56. The van der Waals surface area contributed by atoms with Gasteiger partial charge in [-0.05, 0) is 31.2 Å². The lowest BCUT2D eigenvalue weighted by Gasteiger charge is -2.11. The van der Waals surface area contributed by atoms with Crippen molar-refractivity contribution in [3.05, 3.63) is 29.3 Å². The van der Waals surface area contributed by atoms with Crippen LogP contribution in [0.3, 0.4) is 0 Å². The average molecular weight is 340 g/mol. The lowest BCUT2D eigenvalue weighted by atomic mass is 10.3. The maximum Gasteiger partial charge on any atom is 0.238 e. The Bertz CT molecular complexity index is 761. The van der Waals surface area contributed by atoms with E-state index >= 15 is 0 Å². The van der Waals surface area contributed by atoms with Gasteiger partial charge in [-0.15, -0.1) is 11.3 Å². The zero-order valence-electron chi connectivity index (χ0n) is 12.0. The lowest BCUT2D eigenvalue weighted by molar-refractivity contribution is -0.120. The number of thiophene rings is 1. The quantitative estimate of drug-likeness (QED) is 0.868. The highest BCUT2D eigenvalue weighted by atomic mass is 32.2. The smallest absolute Gasteiger partial charge is 0.238 e. The van der Waals surface area contributed by atoms with Crippen LogP contribution in [0.15, 0.2) is 28.1 Å². The standard InChI is InChI=1S/C14H16N2O4S2/c1-9(14(17)15-10-4-5-10)22(18,19)8-11-7-12(20-16-11)13-3-2-6-21-13/h2-3,6-7,9-10H,4-5,8H2,1H3,(H,15,17)/t9-/m1/s1. The maximum absolute atomic E-state index is 12.3. The van der Waals surface area contributed by atoms with Crippen LogP contribution in [0.25, 0.3) is 10.6 Å². The molecular formula is C14H16N2O4S2. The van der Waals surface area contributed by atoms with Crippen molar-refractivity contribution in [3.8, 4) is 10.6 Å². The Balaban J connectivity index is 1.69. The first-order valence-electron chi connectivity index (χ1n) is 6.97. The van der Waals surface area contributed by atoms with Crippen molar-refractivity contribution in [2.24, 2.45) is 0 Å². The second kappa shape index (κ2) is 5.85. The van der Waals surface area contributed by atoms with Gasteiger partial charge in [0.1, 0.15) is 5.25 Å². The molecule has 1 aliphatic rings. The number of rotatable bonds is 6. The molecule has 6 nitrogen and oxygen atoms in total. The van der Waals surface area contributed by atoms with Gasteiger partial charge in [-0.2, -0.15) is 0 Å². The van der Waals surface area contributed by atoms with Crippen LogP contribution in [0.1, 0.15) is 25.5 Å². The summed E-state index contributed by atoms with van der Waals surface area (Å²) in [6, 6.07) is 5.50. The van der Waals surface area contributed by atoms with Gasteiger partial charge in [0.05, 0.1) is 16.3 Å². The molecule has 0 aliphatic heterocycles. The highest BCUT2D eigenvalue weighted by Crippen LogP contribution is 2.26. The number of aromatic nitrogens is 1. The summed E-state index contributed by atoms with van der Waals surface area (Å²) in [4.78, 5) is 12.8. The van der Waals surface area contributed by atoms with Gasteiger partial charge in [-0.1, -0.05) is 11.2 Å².